The summed E-state index contributed by atoms with van der Waals surface area (Å²) in [4.78, 5) is 29.1. The molecule has 5 nitrogen and oxygen atoms in total. The first-order chi connectivity index (χ1) is 11.4. The zero-order chi connectivity index (χ0) is 17.3. The minimum absolute atomic E-state index is 0.128. The van der Waals surface area contributed by atoms with E-state index in [1.807, 2.05) is 13.8 Å². The molecular weight excluding hydrogens is 329 g/mol. The second-order valence-electron chi connectivity index (χ2n) is 6.05. The van der Waals surface area contributed by atoms with Crippen LogP contribution in [0.1, 0.15) is 37.9 Å². The van der Waals surface area contributed by atoms with Crippen LogP contribution in [0, 0.1) is 5.82 Å². The van der Waals surface area contributed by atoms with Gasteiger partial charge in [-0.1, -0.05) is 31.7 Å². The molecule has 1 N–H and O–H groups in total. The first-order valence-corrected chi connectivity index (χ1v) is 8.74. The van der Waals surface area contributed by atoms with E-state index in [-0.39, 0.29) is 29.8 Å². The number of carbonyl (C=O) groups is 1. The Balaban J connectivity index is 1.75. The first-order valence-electron chi connectivity index (χ1n) is 7.75. The molecule has 1 aromatic carbocycles. The van der Waals surface area contributed by atoms with Gasteiger partial charge in [0.2, 0.25) is 5.91 Å². The first kappa shape index (κ1) is 16.7. The zero-order valence-electron chi connectivity index (χ0n) is 13.5. The standard InChI is InChI=1S/C17H18FN3O2S/c1-10(2)14-8-16(23)21-13(9-24-17(21)20-14)7-15(22)19-12-5-3-4-11(18)6-12/h3-6,8,10,13H,7,9H2,1-2H3,(H,19,22)/t13-/m0/s1. The number of nitrogens with one attached hydrogen (secondary N) is 1. The summed E-state index contributed by atoms with van der Waals surface area (Å²) in [5, 5.41) is 3.33. The van der Waals surface area contributed by atoms with Crippen molar-refractivity contribution in [2.45, 2.75) is 37.4 Å². The van der Waals surface area contributed by atoms with Crippen molar-refractivity contribution in [3.05, 3.63) is 52.2 Å². The summed E-state index contributed by atoms with van der Waals surface area (Å²) in [5.41, 5.74) is 1.05. The predicted octanol–water partition coefficient (Wildman–Crippen LogP) is 3.18. The molecule has 2 aromatic rings. The Morgan fingerprint density at radius 3 is 2.96 bits per heavy atom. The molecule has 24 heavy (non-hydrogen) atoms. The molecule has 0 spiro atoms. The van der Waals surface area contributed by atoms with Crippen molar-refractivity contribution < 1.29 is 9.18 Å². The van der Waals surface area contributed by atoms with E-state index >= 15 is 0 Å². The highest BCUT2D eigenvalue weighted by atomic mass is 32.2. The Hall–Kier alpha value is -2.15. The summed E-state index contributed by atoms with van der Waals surface area (Å²) in [6.45, 7) is 3.98. The monoisotopic (exact) mass is 347 g/mol. The van der Waals surface area contributed by atoms with Gasteiger partial charge in [-0.2, -0.15) is 0 Å². The predicted molar refractivity (Wildman–Crippen MR) is 92.0 cm³/mol. The van der Waals surface area contributed by atoms with Gasteiger partial charge in [0.15, 0.2) is 5.16 Å². The lowest BCUT2D eigenvalue weighted by Crippen LogP contribution is -2.28. The highest BCUT2D eigenvalue weighted by Gasteiger charge is 2.28. The second-order valence-corrected chi connectivity index (χ2v) is 7.04. The Morgan fingerprint density at radius 1 is 1.46 bits per heavy atom. The lowest BCUT2D eigenvalue weighted by Gasteiger charge is -2.14. The van der Waals surface area contributed by atoms with Crippen molar-refractivity contribution >= 4 is 23.4 Å². The summed E-state index contributed by atoms with van der Waals surface area (Å²) >= 11 is 1.48. The van der Waals surface area contributed by atoms with Crippen LogP contribution < -0.4 is 10.9 Å². The molecule has 126 valence electrons. The van der Waals surface area contributed by atoms with E-state index in [9.17, 15) is 14.0 Å². The lowest BCUT2D eigenvalue weighted by atomic mass is 10.1. The molecule has 1 amide bonds. The van der Waals surface area contributed by atoms with Gasteiger partial charge in [0.1, 0.15) is 5.82 Å². The van der Waals surface area contributed by atoms with E-state index in [4.69, 9.17) is 0 Å². The number of carbonyl (C=O) groups excluding carboxylic acids is 1. The number of benzene rings is 1. The fourth-order valence-electron chi connectivity index (χ4n) is 2.61. The fraction of sp³-hybridized carbons (Fsp3) is 0.353. The molecule has 0 aliphatic carbocycles. The molecule has 0 fully saturated rings. The lowest BCUT2D eigenvalue weighted by molar-refractivity contribution is -0.116. The average Bonchev–Trinajstić information content (AvgIpc) is 2.90. The van der Waals surface area contributed by atoms with Gasteiger partial charge in [-0.3, -0.25) is 14.2 Å². The number of amides is 1. The Kier molecular flexibility index (Phi) is 4.71. The molecule has 1 aliphatic heterocycles. The van der Waals surface area contributed by atoms with Crippen molar-refractivity contribution in [1.82, 2.24) is 9.55 Å². The molecule has 0 saturated carbocycles. The topological polar surface area (TPSA) is 64.0 Å². The van der Waals surface area contributed by atoms with Gasteiger partial charge in [0.25, 0.3) is 5.56 Å². The van der Waals surface area contributed by atoms with Gasteiger partial charge in [0.05, 0.1) is 11.7 Å². The molecule has 0 unspecified atom stereocenters. The summed E-state index contributed by atoms with van der Waals surface area (Å²) < 4.78 is 14.8. The quantitative estimate of drug-likeness (QED) is 0.863. The van der Waals surface area contributed by atoms with Gasteiger partial charge < -0.3 is 5.32 Å². The Bertz CT molecular complexity index is 835. The zero-order valence-corrected chi connectivity index (χ0v) is 14.3. The third-order valence-corrected chi connectivity index (χ3v) is 4.93. The molecule has 1 atom stereocenters. The van der Waals surface area contributed by atoms with Gasteiger partial charge in [-0.15, -0.1) is 0 Å². The minimum atomic E-state index is -0.406. The summed E-state index contributed by atoms with van der Waals surface area (Å²) in [6, 6.07) is 7.04. The normalized spacial score (nSPS) is 16.2. The van der Waals surface area contributed by atoms with Gasteiger partial charge >= 0.3 is 0 Å². The molecular formula is C17H18FN3O2S. The molecule has 2 heterocycles. The molecule has 0 radical (unpaired) electrons. The molecule has 3 rings (SSSR count). The number of halogens is 1. The number of thioether (sulfide) groups is 1. The molecule has 0 bridgehead atoms. The molecule has 1 aromatic heterocycles. The SMILES string of the molecule is CC(C)c1cc(=O)n2c(n1)SC[C@@H]2CC(=O)Nc1cccc(F)c1. The van der Waals surface area contributed by atoms with E-state index in [1.54, 1.807) is 10.6 Å². The number of fused-ring (bicyclic) bond motifs is 1. The highest BCUT2D eigenvalue weighted by molar-refractivity contribution is 7.99. The third kappa shape index (κ3) is 3.51. The third-order valence-electron chi connectivity index (χ3n) is 3.83. The van der Waals surface area contributed by atoms with Crippen LogP contribution in [0.15, 0.2) is 40.3 Å². The number of hydrogen-bond acceptors (Lipinski definition) is 4. The summed E-state index contributed by atoms with van der Waals surface area (Å²) in [7, 11) is 0. The summed E-state index contributed by atoms with van der Waals surface area (Å²) in [6.07, 6.45) is 0.152. The van der Waals surface area contributed by atoms with Crippen LogP contribution in [0.3, 0.4) is 0 Å². The van der Waals surface area contributed by atoms with Crippen molar-refractivity contribution in [3.8, 4) is 0 Å². The molecule has 7 heteroatoms. The number of nitrogens with zero attached hydrogens (tertiary/aromatic N) is 2. The van der Waals surface area contributed by atoms with Gasteiger partial charge in [-0.25, -0.2) is 9.37 Å². The van der Waals surface area contributed by atoms with Crippen molar-refractivity contribution in [1.29, 1.82) is 0 Å². The maximum Gasteiger partial charge on any atom is 0.254 e. The second kappa shape index (κ2) is 6.76. The average molecular weight is 347 g/mol. The number of anilines is 1. The highest BCUT2D eigenvalue weighted by Crippen LogP contribution is 2.32. The maximum atomic E-state index is 13.2. The van der Waals surface area contributed by atoms with Crippen LogP contribution in [-0.2, 0) is 4.79 Å². The van der Waals surface area contributed by atoms with Gasteiger partial charge in [0, 0.05) is 23.9 Å². The number of aromatic nitrogens is 2. The van der Waals surface area contributed by atoms with Crippen molar-refractivity contribution in [3.63, 3.8) is 0 Å². The van der Waals surface area contributed by atoms with Crippen LogP contribution in [0.5, 0.6) is 0 Å². The van der Waals surface area contributed by atoms with Crippen LogP contribution in [0.2, 0.25) is 0 Å². The van der Waals surface area contributed by atoms with Crippen LogP contribution in [-0.4, -0.2) is 21.2 Å². The van der Waals surface area contributed by atoms with Crippen molar-refractivity contribution in [2.75, 3.05) is 11.1 Å². The van der Waals surface area contributed by atoms with Crippen LogP contribution in [0.25, 0.3) is 0 Å². The number of hydrogen-bond donors (Lipinski definition) is 1. The van der Waals surface area contributed by atoms with Crippen molar-refractivity contribution in [2.24, 2.45) is 0 Å². The molecule has 1 aliphatic rings. The Labute approximate surface area is 143 Å². The minimum Gasteiger partial charge on any atom is -0.326 e. The van der Waals surface area contributed by atoms with Gasteiger partial charge in [-0.05, 0) is 24.1 Å². The molecule has 0 saturated heterocycles. The van der Waals surface area contributed by atoms with E-state index in [1.165, 1.54) is 36.0 Å². The van der Waals surface area contributed by atoms with Crippen LogP contribution >= 0.6 is 11.8 Å². The van der Waals surface area contributed by atoms with E-state index < -0.39 is 5.82 Å². The van der Waals surface area contributed by atoms with E-state index in [2.05, 4.69) is 10.3 Å². The smallest absolute Gasteiger partial charge is 0.254 e. The summed E-state index contributed by atoms with van der Waals surface area (Å²) in [5.74, 6) is 0.148. The van der Waals surface area contributed by atoms with E-state index in [0.717, 1.165) is 5.69 Å². The largest absolute Gasteiger partial charge is 0.326 e. The maximum absolute atomic E-state index is 13.2. The number of rotatable bonds is 4. The fourth-order valence-corrected chi connectivity index (χ4v) is 3.76. The Morgan fingerprint density at radius 2 is 2.25 bits per heavy atom. The van der Waals surface area contributed by atoms with E-state index in [0.29, 0.717) is 16.6 Å². The van der Waals surface area contributed by atoms with Crippen LogP contribution in [0.4, 0.5) is 10.1 Å².